The van der Waals surface area contributed by atoms with Crippen molar-refractivity contribution in [1.29, 1.82) is 0 Å². The lowest BCUT2D eigenvalue weighted by atomic mass is 10.0. The Morgan fingerprint density at radius 3 is 1.79 bits per heavy atom. The predicted molar refractivity (Wildman–Crippen MR) is 112 cm³/mol. The normalized spacial score (nSPS) is 11.6. The minimum atomic E-state index is -1.18. The molecule has 0 saturated carbocycles. The van der Waals surface area contributed by atoms with Crippen molar-refractivity contribution in [2.45, 2.75) is 6.54 Å². The van der Waals surface area contributed by atoms with E-state index in [1.165, 1.54) is 0 Å². The Balaban J connectivity index is 1.98. The van der Waals surface area contributed by atoms with Gasteiger partial charge in [-0.3, -0.25) is 19.9 Å². The van der Waals surface area contributed by atoms with Gasteiger partial charge in [0.2, 0.25) is 0 Å². The van der Waals surface area contributed by atoms with Crippen LogP contribution in [-0.4, -0.2) is 21.8 Å². The molecule has 3 aromatic rings. The molecule has 0 aliphatic carbocycles. The molecule has 0 heterocycles. The summed E-state index contributed by atoms with van der Waals surface area (Å²) in [5, 5.41) is 10.8. The highest BCUT2D eigenvalue weighted by atomic mass is 19.1. The molecule has 0 amide bonds. The summed E-state index contributed by atoms with van der Waals surface area (Å²) in [4.78, 5) is 25.2. The monoisotopic (exact) mass is 455 g/mol. The van der Waals surface area contributed by atoms with Crippen LogP contribution in [-0.2, 0) is 6.54 Å². The first kappa shape index (κ1) is 23.6. The Morgan fingerprint density at radius 2 is 1.24 bits per heavy atom. The van der Waals surface area contributed by atoms with Crippen molar-refractivity contribution in [1.82, 2.24) is 5.06 Å². The van der Waals surface area contributed by atoms with Crippen molar-refractivity contribution in [2.75, 3.05) is 0 Å². The summed E-state index contributed by atoms with van der Waals surface area (Å²) >= 11 is 0. The van der Waals surface area contributed by atoms with E-state index in [9.17, 15) is 32.4 Å². The number of benzene rings is 3. The minimum absolute atomic E-state index is 0.0961. The number of hydrogen-bond acceptors (Lipinski definition) is 4. The summed E-state index contributed by atoms with van der Waals surface area (Å²) in [6.45, 7) is -0.0961. The molecule has 0 spiro atoms. The lowest BCUT2D eigenvalue weighted by Gasteiger charge is -2.14. The number of ketones is 2. The molecule has 0 unspecified atom stereocenters. The lowest BCUT2D eigenvalue weighted by Crippen LogP contribution is -2.16. The molecule has 3 aromatic carbocycles. The molecule has 33 heavy (non-hydrogen) atoms. The largest absolute Gasteiger partial charge is 0.289 e. The second-order valence-corrected chi connectivity index (χ2v) is 6.89. The van der Waals surface area contributed by atoms with Gasteiger partial charge in [0.1, 0.15) is 23.3 Å². The molecule has 0 aliphatic rings. The number of hydrogen-bond donors (Lipinski definition) is 1. The Morgan fingerprint density at radius 1 is 0.727 bits per heavy atom. The molecule has 0 aromatic heterocycles. The smallest absolute Gasteiger partial charge is 0.200 e. The maximum absolute atomic E-state index is 14.2. The first-order valence-electron chi connectivity index (χ1n) is 9.64. The van der Waals surface area contributed by atoms with Crippen LogP contribution in [0.2, 0.25) is 0 Å². The molecule has 0 atom stereocenters. The molecular formula is C25H17F4NO3. The van der Waals surface area contributed by atoms with Crippen molar-refractivity contribution in [3.8, 4) is 0 Å². The number of halogens is 4. The number of nitrogens with zero attached hydrogens (tertiary/aromatic N) is 1. The molecule has 1 N–H and O–H groups in total. The zero-order valence-corrected chi connectivity index (χ0v) is 17.0. The van der Waals surface area contributed by atoms with Gasteiger partial charge in [0.25, 0.3) is 0 Å². The van der Waals surface area contributed by atoms with Crippen LogP contribution >= 0.6 is 0 Å². The maximum Gasteiger partial charge on any atom is 0.200 e. The first-order valence-corrected chi connectivity index (χ1v) is 9.64. The van der Waals surface area contributed by atoms with E-state index in [-0.39, 0.29) is 6.54 Å². The summed E-state index contributed by atoms with van der Waals surface area (Å²) in [6.07, 6.45) is 2.37. The number of allylic oxidation sites excluding steroid dienone is 3. The van der Waals surface area contributed by atoms with Crippen molar-refractivity contribution in [3.05, 3.63) is 131 Å². The third-order valence-corrected chi connectivity index (χ3v) is 4.55. The van der Waals surface area contributed by atoms with Crippen LogP contribution < -0.4 is 0 Å². The summed E-state index contributed by atoms with van der Waals surface area (Å²) in [5.41, 5.74) is -1.62. The van der Waals surface area contributed by atoms with Gasteiger partial charge in [-0.15, -0.1) is 0 Å². The lowest BCUT2D eigenvalue weighted by molar-refractivity contribution is -0.0496. The van der Waals surface area contributed by atoms with E-state index in [2.05, 4.69) is 0 Å². The van der Waals surface area contributed by atoms with E-state index in [1.807, 2.05) is 0 Å². The standard InChI is InChI=1S/C25H17F4NO3/c26-18-8-4-9-19(27)23(18)22(31)13-12-17(15-30(33)14-16-6-2-1-3-7-16)25(32)24-20(28)10-5-11-21(24)29/h1-13,15,33H,14H2/b13-12+,17-15+. The second kappa shape index (κ2) is 10.5. The Hall–Kier alpha value is -4.04. The van der Waals surface area contributed by atoms with Crippen LogP contribution in [0.15, 0.2) is 90.7 Å². The van der Waals surface area contributed by atoms with E-state index < -0.39 is 51.5 Å². The third-order valence-electron chi connectivity index (χ3n) is 4.55. The highest BCUT2D eigenvalue weighted by molar-refractivity contribution is 6.12. The van der Waals surface area contributed by atoms with Crippen molar-refractivity contribution >= 4 is 11.6 Å². The molecule has 4 nitrogen and oxygen atoms in total. The maximum atomic E-state index is 14.2. The average molecular weight is 455 g/mol. The summed E-state index contributed by atoms with van der Waals surface area (Å²) in [6, 6.07) is 14.2. The average Bonchev–Trinajstić information content (AvgIpc) is 2.77. The van der Waals surface area contributed by atoms with Gasteiger partial charge < -0.3 is 0 Å². The van der Waals surface area contributed by atoms with Crippen molar-refractivity contribution < 1.29 is 32.4 Å². The molecular weight excluding hydrogens is 438 g/mol. The zero-order chi connectivity index (χ0) is 24.0. The van der Waals surface area contributed by atoms with Crippen LogP contribution in [0.5, 0.6) is 0 Å². The van der Waals surface area contributed by atoms with Crippen LogP contribution in [0.1, 0.15) is 26.3 Å². The number of carbonyl (C=O) groups excluding carboxylic acids is 2. The molecule has 0 saturated heterocycles. The van der Waals surface area contributed by atoms with E-state index >= 15 is 0 Å². The fourth-order valence-corrected chi connectivity index (χ4v) is 3.00. The van der Waals surface area contributed by atoms with Crippen molar-refractivity contribution in [3.63, 3.8) is 0 Å². The Bertz CT molecular complexity index is 1200. The minimum Gasteiger partial charge on any atom is -0.289 e. The fourth-order valence-electron chi connectivity index (χ4n) is 3.00. The molecule has 3 rings (SSSR count). The first-order chi connectivity index (χ1) is 15.8. The van der Waals surface area contributed by atoms with E-state index in [0.29, 0.717) is 16.7 Å². The van der Waals surface area contributed by atoms with Gasteiger partial charge in [0.15, 0.2) is 11.6 Å². The molecule has 0 fully saturated rings. The second-order valence-electron chi connectivity index (χ2n) is 6.89. The number of rotatable bonds is 8. The van der Waals surface area contributed by atoms with Gasteiger partial charge in [-0.25, -0.2) is 17.6 Å². The summed E-state index contributed by atoms with van der Waals surface area (Å²) in [7, 11) is 0. The highest BCUT2D eigenvalue weighted by Gasteiger charge is 2.21. The van der Waals surface area contributed by atoms with Crippen LogP contribution in [0.25, 0.3) is 0 Å². The van der Waals surface area contributed by atoms with Crippen LogP contribution in [0.4, 0.5) is 17.6 Å². The predicted octanol–water partition coefficient (Wildman–Crippen LogP) is 5.64. The molecule has 0 aliphatic heterocycles. The quantitative estimate of drug-likeness (QED) is 0.157. The van der Waals surface area contributed by atoms with Crippen LogP contribution in [0.3, 0.4) is 0 Å². The van der Waals surface area contributed by atoms with Gasteiger partial charge in [-0.1, -0.05) is 42.5 Å². The number of carbonyl (C=O) groups is 2. The highest BCUT2D eigenvalue weighted by Crippen LogP contribution is 2.20. The number of hydroxylamine groups is 2. The van der Waals surface area contributed by atoms with E-state index in [0.717, 1.165) is 48.7 Å². The van der Waals surface area contributed by atoms with E-state index in [1.54, 1.807) is 30.3 Å². The van der Waals surface area contributed by atoms with Crippen LogP contribution in [0, 0.1) is 23.3 Å². The van der Waals surface area contributed by atoms with Crippen molar-refractivity contribution in [2.24, 2.45) is 0 Å². The molecule has 0 bridgehead atoms. The Kier molecular flexibility index (Phi) is 7.53. The van der Waals surface area contributed by atoms with Gasteiger partial charge in [0, 0.05) is 11.8 Å². The van der Waals surface area contributed by atoms with Gasteiger partial charge in [0.05, 0.1) is 17.7 Å². The molecule has 8 heteroatoms. The fraction of sp³-hybridized carbons (Fsp3) is 0.0400. The van der Waals surface area contributed by atoms with E-state index in [4.69, 9.17) is 0 Å². The van der Waals surface area contributed by atoms with Gasteiger partial charge >= 0.3 is 0 Å². The number of Topliss-reactive ketones (excluding diaryl/α,β-unsaturated/α-hetero) is 1. The summed E-state index contributed by atoms with van der Waals surface area (Å²) < 4.78 is 56.1. The van der Waals surface area contributed by atoms with Gasteiger partial charge in [-0.2, -0.15) is 0 Å². The molecule has 0 radical (unpaired) electrons. The summed E-state index contributed by atoms with van der Waals surface area (Å²) in [5.74, 6) is -6.85. The third kappa shape index (κ3) is 5.81. The van der Waals surface area contributed by atoms with Gasteiger partial charge in [-0.05, 0) is 42.0 Å². The Labute approximate surface area is 186 Å². The molecule has 168 valence electrons. The SMILES string of the molecule is O=C(/C=C/C(=C\N(O)Cc1ccccc1)C(=O)c1c(F)cccc1F)c1c(F)cccc1F. The topological polar surface area (TPSA) is 57.6 Å². The zero-order valence-electron chi connectivity index (χ0n) is 17.0.